The zero-order valence-corrected chi connectivity index (χ0v) is 22.9. The van der Waals surface area contributed by atoms with Gasteiger partial charge in [-0.2, -0.15) is 0 Å². The van der Waals surface area contributed by atoms with Crippen LogP contribution < -0.4 is 9.47 Å². The Morgan fingerprint density at radius 2 is 1.67 bits per heavy atom. The van der Waals surface area contributed by atoms with Gasteiger partial charge in [0.25, 0.3) is 0 Å². The molecular weight excluding hydrogens is 633 g/mol. The van der Waals surface area contributed by atoms with Crippen molar-refractivity contribution in [2.24, 2.45) is 0 Å². The normalized spacial score (nSPS) is 11.8. The number of rotatable bonds is 9. The SMILES string of the molecule is COCOc1ccc(Cc2c(C)c(I)c(OCP(=O)(O)O)c(I)c2C)cc1C(C)C. The molecule has 2 rings (SSSR count). The number of methoxy groups -OCH3 is 1. The third-order valence-electron chi connectivity index (χ3n) is 4.75. The molecule has 0 radical (unpaired) electrons. The molecule has 0 atom stereocenters. The summed E-state index contributed by atoms with van der Waals surface area (Å²) in [7, 11) is -2.64. The van der Waals surface area contributed by atoms with Crippen LogP contribution in [0, 0.1) is 21.0 Å². The molecule has 0 heterocycles. The van der Waals surface area contributed by atoms with Crippen molar-refractivity contribution in [3.63, 3.8) is 0 Å². The van der Waals surface area contributed by atoms with E-state index in [0.29, 0.717) is 11.7 Å². The van der Waals surface area contributed by atoms with E-state index in [1.165, 1.54) is 11.1 Å². The first kappa shape index (κ1) is 25.9. The van der Waals surface area contributed by atoms with E-state index in [9.17, 15) is 4.57 Å². The highest BCUT2D eigenvalue weighted by Crippen LogP contribution is 2.41. The fraction of sp³-hybridized carbons (Fsp3) is 0.429. The first-order valence-corrected chi connectivity index (χ1v) is 13.3. The summed E-state index contributed by atoms with van der Waals surface area (Å²) in [5.41, 5.74) is 5.60. The maximum absolute atomic E-state index is 11.2. The van der Waals surface area contributed by atoms with Crippen molar-refractivity contribution in [3.05, 3.63) is 53.2 Å². The van der Waals surface area contributed by atoms with Crippen molar-refractivity contribution in [2.75, 3.05) is 20.3 Å². The molecule has 0 aliphatic carbocycles. The maximum atomic E-state index is 11.2. The van der Waals surface area contributed by atoms with Crippen LogP contribution in [0.2, 0.25) is 0 Å². The van der Waals surface area contributed by atoms with Gasteiger partial charge < -0.3 is 24.0 Å². The van der Waals surface area contributed by atoms with Gasteiger partial charge in [0.15, 0.2) is 13.1 Å². The highest BCUT2D eigenvalue weighted by molar-refractivity contribution is 14.1. The van der Waals surface area contributed by atoms with E-state index in [-0.39, 0.29) is 6.79 Å². The molecule has 0 bridgehead atoms. The van der Waals surface area contributed by atoms with E-state index in [1.807, 2.05) is 19.9 Å². The Kier molecular flexibility index (Phi) is 9.45. The molecule has 2 aromatic rings. The molecule has 0 aliphatic rings. The number of hydrogen-bond acceptors (Lipinski definition) is 4. The molecule has 30 heavy (non-hydrogen) atoms. The number of ether oxygens (including phenoxy) is 3. The predicted molar refractivity (Wildman–Crippen MR) is 135 cm³/mol. The van der Waals surface area contributed by atoms with Crippen molar-refractivity contribution in [2.45, 2.75) is 40.0 Å². The van der Waals surface area contributed by atoms with Gasteiger partial charge in [0, 0.05) is 7.11 Å². The second-order valence-corrected chi connectivity index (χ2v) is 11.1. The lowest BCUT2D eigenvalue weighted by Crippen LogP contribution is -2.08. The summed E-state index contributed by atoms with van der Waals surface area (Å²) in [6.45, 7) is 8.51. The summed E-state index contributed by atoms with van der Waals surface area (Å²) in [6.07, 6.45) is 0.116. The quantitative estimate of drug-likeness (QED) is 0.204. The van der Waals surface area contributed by atoms with Crippen molar-refractivity contribution in [1.29, 1.82) is 0 Å². The van der Waals surface area contributed by atoms with Gasteiger partial charge in [-0.15, -0.1) is 0 Å². The molecule has 9 heteroatoms. The van der Waals surface area contributed by atoms with Gasteiger partial charge in [0.2, 0.25) is 0 Å². The van der Waals surface area contributed by atoms with Gasteiger partial charge in [-0.3, -0.25) is 4.57 Å². The van der Waals surface area contributed by atoms with Crippen molar-refractivity contribution in [1.82, 2.24) is 0 Å². The highest BCUT2D eigenvalue weighted by Gasteiger charge is 2.22. The van der Waals surface area contributed by atoms with Gasteiger partial charge >= 0.3 is 7.60 Å². The van der Waals surface area contributed by atoms with Crippen LogP contribution in [0.15, 0.2) is 18.2 Å². The average Bonchev–Trinajstić information content (AvgIpc) is 2.67. The van der Waals surface area contributed by atoms with Gasteiger partial charge in [0.1, 0.15) is 11.5 Å². The Bertz CT molecular complexity index is 926. The molecule has 166 valence electrons. The van der Waals surface area contributed by atoms with E-state index in [0.717, 1.165) is 36.0 Å². The molecule has 0 unspecified atom stereocenters. The monoisotopic (exact) mass is 660 g/mol. The molecule has 0 fully saturated rings. The number of hydrogen-bond donors (Lipinski definition) is 2. The Hall–Kier alpha value is -0.390. The lowest BCUT2D eigenvalue weighted by molar-refractivity contribution is 0.0502. The second kappa shape index (κ2) is 11.0. The summed E-state index contributed by atoms with van der Waals surface area (Å²) in [5, 5.41) is 0. The molecule has 0 spiro atoms. The van der Waals surface area contributed by atoms with Crippen LogP contribution in [0.25, 0.3) is 0 Å². The molecule has 0 saturated heterocycles. The Labute approximate surface area is 205 Å². The van der Waals surface area contributed by atoms with E-state index in [1.54, 1.807) is 7.11 Å². The molecule has 0 aliphatic heterocycles. The Morgan fingerprint density at radius 3 is 2.17 bits per heavy atom. The fourth-order valence-corrected chi connectivity index (χ4v) is 5.46. The largest absolute Gasteiger partial charge is 0.479 e. The van der Waals surface area contributed by atoms with Crippen molar-refractivity contribution >= 4 is 52.8 Å². The Morgan fingerprint density at radius 1 is 1.07 bits per heavy atom. The molecule has 0 saturated carbocycles. The van der Waals surface area contributed by atoms with Crippen LogP contribution in [0.5, 0.6) is 11.5 Å². The van der Waals surface area contributed by atoms with Crippen LogP contribution in [0.3, 0.4) is 0 Å². The van der Waals surface area contributed by atoms with Crippen LogP contribution in [0.1, 0.15) is 47.6 Å². The molecule has 0 aromatic heterocycles. The lowest BCUT2D eigenvalue weighted by Gasteiger charge is -2.20. The van der Waals surface area contributed by atoms with Crippen LogP contribution in [-0.2, 0) is 15.7 Å². The van der Waals surface area contributed by atoms with Crippen LogP contribution in [-0.4, -0.2) is 30.0 Å². The maximum Gasteiger partial charge on any atom is 0.362 e. The highest BCUT2D eigenvalue weighted by atomic mass is 127. The Balaban J connectivity index is 2.41. The lowest BCUT2D eigenvalue weighted by atomic mass is 9.93. The fourth-order valence-electron chi connectivity index (χ4n) is 3.14. The second-order valence-electron chi connectivity index (χ2n) is 7.38. The third-order valence-corrected chi connectivity index (χ3v) is 7.81. The summed E-state index contributed by atoms with van der Waals surface area (Å²) in [5.74, 6) is 1.67. The smallest absolute Gasteiger partial charge is 0.362 e. The number of benzene rings is 2. The summed E-state index contributed by atoms with van der Waals surface area (Å²) in [6, 6.07) is 6.22. The van der Waals surface area contributed by atoms with E-state index in [4.69, 9.17) is 24.0 Å². The summed E-state index contributed by atoms with van der Waals surface area (Å²) < 4.78 is 29.2. The molecule has 6 nitrogen and oxygen atoms in total. The minimum atomic E-state index is -4.25. The molecule has 2 N–H and O–H groups in total. The van der Waals surface area contributed by atoms with E-state index in [2.05, 4.69) is 71.2 Å². The predicted octanol–water partition coefficient (Wildman–Crippen LogP) is 5.72. The first-order chi connectivity index (χ1) is 14.0. The van der Waals surface area contributed by atoms with Crippen LogP contribution >= 0.6 is 52.8 Å². The third kappa shape index (κ3) is 6.56. The van der Waals surface area contributed by atoms with Crippen LogP contribution in [0.4, 0.5) is 0 Å². The minimum absolute atomic E-state index is 0.212. The first-order valence-electron chi connectivity index (χ1n) is 9.35. The van der Waals surface area contributed by atoms with Gasteiger partial charge in [-0.1, -0.05) is 26.0 Å². The summed E-state index contributed by atoms with van der Waals surface area (Å²) in [4.78, 5) is 18.3. The molecule has 0 amide bonds. The van der Waals surface area contributed by atoms with Gasteiger partial charge in [-0.05, 0) is 105 Å². The molecule has 2 aromatic carbocycles. The van der Waals surface area contributed by atoms with Gasteiger partial charge in [-0.25, -0.2) is 0 Å². The molecular formula is C21H27I2O6P. The van der Waals surface area contributed by atoms with E-state index < -0.39 is 13.9 Å². The summed E-state index contributed by atoms with van der Waals surface area (Å²) >= 11 is 4.38. The van der Waals surface area contributed by atoms with Gasteiger partial charge in [0.05, 0.1) is 7.14 Å². The van der Waals surface area contributed by atoms with Crippen molar-refractivity contribution in [3.8, 4) is 11.5 Å². The zero-order chi connectivity index (χ0) is 22.6. The van der Waals surface area contributed by atoms with E-state index >= 15 is 0 Å². The topological polar surface area (TPSA) is 85.2 Å². The minimum Gasteiger partial charge on any atom is -0.479 e. The van der Waals surface area contributed by atoms with Crippen molar-refractivity contribution < 1.29 is 28.6 Å². The zero-order valence-electron chi connectivity index (χ0n) is 17.7. The average molecular weight is 660 g/mol. The number of halogens is 2. The standard InChI is InChI=1S/C21H27I2O6P/c1-12(2)16-8-15(6-7-18(16)28-10-27-5)9-17-13(3)19(22)21(20(23)14(17)4)29-11-30(24,25)26/h6-8,12H,9-11H2,1-5H3,(H2,24,25,26).